The van der Waals surface area contributed by atoms with Crippen LogP contribution in [0, 0.1) is 0 Å². The average molecular weight is 510 g/mol. The molecule has 0 fully saturated rings. The van der Waals surface area contributed by atoms with Crippen LogP contribution in [-0.2, 0) is 0 Å². The zero-order valence-corrected chi connectivity index (χ0v) is 19.1. The Bertz CT molecular complexity index is 1530. The van der Waals surface area contributed by atoms with Gasteiger partial charge in [0.1, 0.15) is 10.3 Å². The maximum atomic E-state index is 6.11. The Kier molecular flexibility index (Phi) is 5.40. The van der Waals surface area contributed by atoms with Crippen LogP contribution in [0.4, 0.5) is 0 Å². The lowest BCUT2D eigenvalue weighted by Gasteiger charge is -2.04. The lowest BCUT2D eigenvalue weighted by atomic mass is 10.0. The molecule has 0 aliphatic rings. The van der Waals surface area contributed by atoms with E-state index in [-0.39, 0.29) is 0 Å². The highest BCUT2D eigenvalue weighted by Crippen LogP contribution is 2.33. The quantitative estimate of drug-likeness (QED) is 0.236. The highest BCUT2D eigenvalue weighted by Gasteiger charge is 2.11. The topological polar surface area (TPSA) is 57.4 Å². The molecular weight excluding hydrogens is 495 g/mol. The first kappa shape index (κ1) is 20.1. The molecule has 0 aliphatic heterocycles. The summed E-state index contributed by atoms with van der Waals surface area (Å²) in [6.07, 6.45) is 0. The first-order valence-corrected chi connectivity index (χ1v) is 11.1. The van der Waals surface area contributed by atoms with Gasteiger partial charge >= 0.3 is 0 Å². The van der Waals surface area contributed by atoms with Crippen LogP contribution in [0.15, 0.2) is 83.5 Å². The van der Waals surface area contributed by atoms with E-state index in [0.29, 0.717) is 0 Å². The molecule has 6 rings (SSSR count). The molecule has 0 atom stereocenters. The van der Waals surface area contributed by atoms with Gasteiger partial charge in [-0.05, 0) is 63.1 Å². The Labute approximate surface area is 196 Å². The number of nitrogens with one attached hydrogen (secondary N) is 2. The first-order valence-electron chi connectivity index (χ1n) is 9.51. The summed E-state index contributed by atoms with van der Waals surface area (Å²) in [7, 11) is 0. The normalized spacial score (nSPS) is 11.1. The third-order valence-electron chi connectivity index (χ3n) is 5.04. The molecule has 0 radical (unpaired) electrons. The molecule has 6 aromatic rings. The van der Waals surface area contributed by atoms with Crippen LogP contribution in [0.5, 0.6) is 0 Å². The minimum Gasteiger partial charge on any atom is -0.277 e. The highest BCUT2D eigenvalue weighted by molar-refractivity contribution is 9.10. The van der Waals surface area contributed by atoms with Crippen molar-refractivity contribution in [2.45, 2.75) is 0 Å². The molecule has 0 saturated carbocycles. The van der Waals surface area contributed by atoms with E-state index in [4.69, 9.17) is 23.2 Å². The maximum Gasteiger partial charge on any atom is 0.108 e. The summed E-state index contributed by atoms with van der Waals surface area (Å²) in [6.45, 7) is 0. The van der Waals surface area contributed by atoms with Gasteiger partial charge in [0, 0.05) is 26.4 Å². The number of hydrogen-bond acceptors (Lipinski definition) is 2. The van der Waals surface area contributed by atoms with Crippen molar-refractivity contribution in [3.05, 3.63) is 93.5 Å². The lowest BCUT2D eigenvalue weighted by Crippen LogP contribution is -1.82. The van der Waals surface area contributed by atoms with Gasteiger partial charge in [0.05, 0.1) is 11.0 Å². The van der Waals surface area contributed by atoms with Gasteiger partial charge in [-0.2, -0.15) is 10.2 Å². The molecule has 0 saturated heterocycles. The molecule has 2 N–H and O–H groups in total. The van der Waals surface area contributed by atoms with Gasteiger partial charge in [0.15, 0.2) is 0 Å². The van der Waals surface area contributed by atoms with Crippen LogP contribution in [0.2, 0.25) is 10.0 Å². The van der Waals surface area contributed by atoms with E-state index in [1.54, 1.807) is 0 Å². The minimum atomic E-state index is 0.722. The van der Waals surface area contributed by atoms with Crippen LogP contribution < -0.4 is 0 Å². The molecule has 0 bridgehead atoms. The Morgan fingerprint density at radius 1 is 0.677 bits per heavy atom. The summed E-state index contributed by atoms with van der Waals surface area (Å²) >= 11 is 15.2. The highest BCUT2D eigenvalue weighted by atomic mass is 79.9. The van der Waals surface area contributed by atoms with E-state index >= 15 is 0 Å². The fourth-order valence-corrected chi connectivity index (χ4v) is 4.32. The monoisotopic (exact) mass is 508 g/mol. The van der Waals surface area contributed by atoms with E-state index in [2.05, 4.69) is 66.7 Å². The van der Waals surface area contributed by atoms with E-state index in [1.165, 1.54) is 10.8 Å². The van der Waals surface area contributed by atoms with Crippen LogP contribution in [-0.4, -0.2) is 20.4 Å². The number of rotatable bonds is 1. The molecule has 152 valence electrons. The number of aromatic nitrogens is 4. The van der Waals surface area contributed by atoms with E-state index in [0.717, 1.165) is 47.7 Å². The van der Waals surface area contributed by atoms with Gasteiger partial charge in [-0.15, -0.1) is 0 Å². The molecule has 0 amide bonds. The molecule has 0 unspecified atom stereocenters. The standard InChI is InChI=1S/C17H11ClN2.C7H4BrClN2/c18-12-8-9-16-15(10-12)17(20-19-16)14-7-3-5-11-4-1-2-6-13(11)14;8-7-5-3-4(9)1-2-6(5)10-11-7/h1-10H,(H,19,20);1-3H,(H,10,11). The van der Waals surface area contributed by atoms with Crippen molar-refractivity contribution in [3.63, 3.8) is 0 Å². The molecular formula is C24H15BrCl2N4. The summed E-state index contributed by atoms with van der Waals surface area (Å²) in [5, 5.41) is 20.3. The van der Waals surface area contributed by atoms with Gasteiger partial charge in [-0.3, -0.25) is 10.2 Å². The smallest absolute Gasteiger partial charge is 0.108 e. The molecule has 0 spiro atoms. The second-order valence-electron chi connectivity index (χ2n) is 6.99. The second-order valence-corrected chi connectivity index (χ2v) is 8.65. The van der Waals surface area contributed by atoms with Crippen molar-refractivity contribution < 1.29 is 0 Å². The molecule has 7 heteroatoms. The average Bonchev–Trinajstić information content (AvgIpc) is 3.37. The fraction of sp³-hybridized carbons (Fsp3) is 0. The Morgan fingerprint density at radius 2 is 1.42 bits per heavy atom. The van der Waals surface area contributed by atoms with Gasteiger partial charge in [-0.25, -0.2) is 0 Å². The molecule has 2 aromatic heterocycles. The zero-order valence-electron chi connectivity index (χ0n) is 16.0. The Hall–Kier alpha value is -2.86. The fourth-order valence-electron chi connectivity index (χ4n) is 3.57. The first-order chi connectivity index (χ1) is 15.1. The molecule has 4 nitrogen and oxygen atoms in total. The van der Waals surface area contributed by atoms with E-state index in [9.17, 15) is 0 Å². The van der Waals surface area contributed by atoms with Crippen molar-refractivity contribution >= 4 is 71.7 Å². The molecule has 4 aromatic carbocycles. The summed E-state index contributed by atoms with van der Waals surface area (Å²) < 4.78 is 0.870. The van der Waals surface area contributed by atoms with E-state index < -0.39 is 0 Å². The number of hydrogen-bond donors (Lipinski definition) is 2. The number of nitrogens with zero attached hydrogens (tertiary/aromatic N) is 2. The Balaban J connectivity index is 0.000000157. The molecule has 0 aliphatic carbocycles. The van der Waals surface area contributed by atoms with E-state index in [1.807, 2.05) is 48.5 Å². The second kappa shape index (κ2) is 8.35. The van der Waals surface area contributed by atoms with Crippen molar-refractivity contribution in [1.82, 2.24) is 20.4 Å². The summed E-state index contributed by atoms with van der Waals surface area (Å²) in [5.74, 6) is 0. The number of halogens is 3. The predicted octanol–water partition coefficient (Wildman–Crippen LogP) is 8.02. The Morgan fingerprint density at radius 3 is 2.29 bits per heavy atom. The maximum absolute atomic E-state index is 6.11. The third kappa shape index (κ3) is 3.92. The molecule has 31 heavy (non-hydrogen) atoms. The number of aromatic amines is 2. The summed E-state index contributed by atoms with van der Waals surface area (Å²) in [5.41, 5.74) is 3.98. The SMILES string of the molecule is Clc1ccc2[nH]nc(-c3cccc4ccccc34)c2c1.Clc1ccc2n[nH]c(Br)c2c1. The van der Waals surface area contributed by atoms with Crippen molar-refractivity contribution in [2.24, 2.45) is 0 Å². The third-order valence-corrected chi connectivity index (χ3v) is 6.11. The van der Waals surface area contributed by atoms with Crippen LogP contribution in [0.3, 0.4) is 0 Å². The summed E-state index contributed by atoms with van der Waals surface area (Å²) in [4.78, 5) is 0. The zero-order chi connectivity index (χ0) is 21.4. The number of H-pyrrole nitrogens is 2. The van der Waals surface area contributed by atoms with Crippen LogP contribution in [0.1, 0.15) is 0 Å². The largest absolute Gasteiger partial charge is 0.277 e. The lowest BCUT2D eigenvalue weighted by molar-refractivity contribution is 1.10. The van der Waals surface area contributed by atoms with Gasteiger partial charge in [0.25, 0.3) is 0 Å². The van der Waals surface area contributed by atoms with Gasteiger partial charge < -0.3 is 0 Å². The van der Waals surface area contributed by atoms with Crippen LogP contribution >= 0.6 is 39.1 Å². The minimum absolute atomic E-state index is 0.722. The van der Waals surface area contributed by atoms with Gasteiger partial charge in [-0.1, -0.05) is 65.7 Å². The van der Waals surface area contributed by atoms with Crippen molar-refractivity contribution in [3.8, 4) is 11.3 Å². The van der Waals surface area contributed by atoms with Gasteiger partial charge in [0.2, 0.25) is 0 Å². The van der Waals surface area contributed by atoms with Crippen LogP contribution in [0.25, 0.3) is 43.8 Å². The van der Waals surface area contributed by atoms with Crippen molar-refractivity contribution in [1.29, 1.82) is 0 Å². The number of benzene rings is 4. The molecule has 2 heterocycles. The summed E-state index contributed by atoms with van der Waals surface area (Å²) in [6, 6.07) is 25.9. The number of fused-ring (bicyclic) bond motifs is 3. The predicted molar refractivity (Wildman–Crippen MR) is 133 cm³/mol. The van der Waals surface area contributed by atoms with Crippen molar-refractivity contribution in [2.75, 3.05) is 0 Å².